The Bertz CT molecular complexity index is 570. The summed E-state index contributed by atoms with van der Waals surface area (Å²) in [5.74, 6) is 0.0632. The van der Waals surface area contributed by atoms with Crippen LogP contribution in [-0.4, -0.2) is 15.7 Å². The van der Waals surface area contributed by atoms with E-state index in [0.29, 0.717) is 5.82 Å². The van der Waals surface area contributed by atoms with Crippen LogP contribution in [0.15, 0.2) is 30.5 Å². The van der Waals surface area contributed by atoms with Crippen LogP contribution < -0.4 is 5.73 Å². The molecule has 0 aliphatic carbocycles. The van der Waals surface area contributed by atoms with Crippen LogP contribution >= 0.6 is 0 Å². The molecule has 100 valence electrons. The van der Waals surface area contributed by atoms with Crippen molar-refractivity contribution in [1.29, 1.82) is 0 Å². The number of nitrogen functional groups attached to an aromatic ring is 1. The first kappa shape index (κ1) is 13.1. The highest BCUT2D eigenvalue weighted by Gasteiger charge is 2.08. The zero-order valence-electron chi connectivity index (χ0n) is 11.1. The molecule has 0 spiro atoms. The zero-order valence-corrected chi connectivity index (χ0v) is 11.1. The Morgan fingerprint density at radius 1 is 1.32 bits per heavy atom. The molecule has 2 N–H and O–H groups in total. The number of nitrogens with two attached hydrogens (primary N) is 1. The van der Waals surface area contributed by atoms with E-state index >= 15 is 0 Å². The Hall–Kier alpha value is -2.30. The second-order valence-electron chi connectivity index (χ2n) is 4.47. The molecule has 0 radical (unpaired) electrons. The normalized spacial score (nSPS) is 10.4. The van der Waals surface area contributed by atoms with Gasteiger partial charge in [0.15, 0.2) is 0 Å². The Morgan fingerprint density at radius 3 is 2.58 bits per heavy atom. The Labute approximate surface area is 112 Å². The molecule has 0 amide bonds. The van der Waals surface area contributed by atoms with Crippen molar-refractivity contribution < 1.29 is 9.53 Å². The third kappa shape index (κ3) is 3.34. The number of carbonyl (C=O) groups excluding carboxylic acids is 1. The molecule has 1 aromatic carbocycles. The van der Waals surface area contributed by atoms with Crippen molar-refractivity contribution in [2.75, 3.05) is 5.73 Å². The predicted octanol–water partition coefficient (Wildman–Crippen LogP) is 1.83. The number of esters is 1. The minimum atomic E-state index is -0.328. The van der Waals surface area contributed by atoms with Gasteiger partial charge in [-0.25, -0.2) is 0 Å². The van der Waals surface area contributed by atoms with Crippen LogP contribution in [0.3, 0.4) is 0 Å². The molecule has 2 rings (SSSR count). The summed E-state index contributed by atoms with van der Waals surface area (Å²) in [6.07, 6.45) is 1.65. The van der Waals surface area contributed by atoms with Gasteiger partial charge in [0, 0.05) is 6.20 Å². The molecule has 1 heterocycles. The SMILES string of the molecule is Cc1cccc(C)c1COC(=O)Cn1ccc(N)n1. The summed E-state index contributed by atoms with van der Waals surface area (Å²) >= 11 is 0. The van der Waals surface area contributed by atoms with Gasteiger partial charge in [0.05, 0.1) is 0 Å². The van der Waals surface area contributed by atoms with Gasteiger partial charge in [0.2, 0.25) is 0 Å². The molecule has 0 aliphatic rings. The van der Waals surface area contributed by atoms with E-state index in [1.165, 1.54) is 4.68 Å². The monoisotopic (exact) mass is 259 g/mol. The lowest BCUT2D eigenvalue weighted by Gasteiger charge is -2.10. The van der Waals surface area contributed by atoms with E-state index in [-0.39, 0.29) is 19.1 Å². The van der Waals surface area contributed by atoms with Crippen LogP contribution in [-0.2, 0) is 22.7 Å². The Kier molecular flexibility index (Phi) is 3.85. The maximum atomic E-state index is 11.7. The highest BCUT2D eigenvalue weighted by atomic mass is 16.5. The van der Waals surface area contributed by atoms with Crippen molar-refractivity contribution in [3.63, 3.8) is 0 Å². The maximum absolute atomic E-state index is 11.7. The number of aryl methyl sites for hydroxylation is 2. The lowest BCUT2D eigenvalue weighted by molar-refractivity contribution is -0.145. The van der Waals surface area contributed by atoms with Gasteiger partial charge in [-0.2, -0.15) is 5.10 Å². The van der Waals surface area contributed by atoms with Crippen molar-refractivity contribution >= 4 is 11.8 Å². The third-order valence-electron chi connectivity index (χ3n) is 2.97. The minimum Gasteiger partial charge on any atom is -0.459 e. The van der Waals surface area contributed by atoms with Gasteiger partial charge in [0.25, 0.3) is 0 Å². The number of carbonyl (C=O) groups is 1. The summed E-state index contributed by atoms with van der Waals surface area (Å²) in [5.41, 5.74) is 8.77. The van der Waals surface area contributed by atoms with Gasteiger partial charge >= 0.3 is 5.97 Å². The van der Waals surface area contributed by atoms with Gasteiger partial charge in [-0.05, 0) is 36.6 Å². The molecule has 0 saturated carbocycles. The largest absolute Gasteiger partial charge is 0.459 e. The number of benzene rings is 1. The van der Waals surface area contributed by atoms with E-state index in [0.717, 1.165) is 16.7 Å². The quantitative estimate of drug-likeness (QED) is 0.850. The molecule has 5 nitrogen and oxygen atoms in total. The maximum Gasteiger partial charge on any atom is 0.328 e. The molecule has 0 aliphatic heterocycles. The molecule has 0 atom stereocenters. The van der Waals surface area contributed by atoms with Crippen molar-refractivity contribution in [1.82, 2.24) is 9.78 Å². The summed E-state index contributed by atoms with van der Waals surface area (Å²) < 4.78 is 6.72. The lowest BCUT2D eigenvalue weighted by Crippen LogP contribution is -2.14. The molecule has 19 heavy (non-hydrogen) atoms. The summed E-state index contributed by atoms with van der Waals surface area (Å²) in [4.78, 5) is 11.7. The van der Waals surface area contributed by atoms with E-state index < -0.39 is 0 Å². The fourth-order valence-corrected chi connectivity index (χ4v) is 1.87. The standard InChI is InChI=1S/C14H17N3O2/c1-10-4-3-5-11(2)12(10)9-19-14(18)8-17-7-6-13(15)16-17/h3-7H,8-9H2,1-2H3,(H2,15,16). The van der Waals surface area contributed by atoms with Gasteiger partial charge < -0.3 is 10.5 Å². The highest BCUT2D eigenvalue weighted by molar-refractivity contribution is 5.69. The molecular formula is C14H17N3O2. The first-order chi connectivity index (χ1) is 9.06. The molecule has 0 saturated heterocycles. The van der Waals surface area contributed by atoms with Crippen LogP contribution in [0.2, 0.25) is 0 Å². The number of rotatable bonds is 4. The van der Waals surface area contributed by atoms with Crippen LogP contribution in [0.5, 0.6) is 0 Å². The van der Waals surface area contributed by atoms with Crippen molar-refractivity contribution in [3.05, 3.63) is 47.2 Å². The van der Waals surface area contributed by atoms with Gasteiger partial charge in [-0.15, -0.1) is 0 Å². The lowest BCUT2D eigenvalue weighted by atomic mass is 10.0. The summed E-state index contributed by atoms with van der Waals surface area (Å²) in [5, 5.41) is 3.93. The molecule has 0 bridgehead atoms. The average Bonchev–Trinajstić information content (AvgIpc) is 2.74. The first-order valence-electron chi connectivity index (χ1n) is 6.06. The number of nitrogens with zero attached hydrogens (tertiary/aromatic N) is 2. The molecule has 2 aromatic rings. The highest BCUT2D eigenvalue weighted by Crippen LogP contribution is 2.14. The van der Waals surface area contributed by atoms with Gasteiger partial charge in [-0.1, -0.05) is 18.2 Å². The fourth-order valence-electron chi connectivity index (χ4n) is 1.87. The topological polar surface area (TPSA) is 70.1 Å². The number of hydrogen-bond acceptors (Lipinski definition) is 4. The van der Waals surface area contributed by atoms with Gasteiger partial charge in [0.1, 0.15) is 19.0 Å². The van der Waals surface area contributed by atoms with Crippen LogP contribution in [0.4, 0.5) is 5.82 Å². The molecule has 1 aromatic heterocycles. The second kappa shape index (κ2) is 5.56. The smallest absolute Gasteiger partial charge is 0.328 e. The van der Waals surface area contributed by atoms with E-state index in [4.69, 9.17) is 10.5 Å². The van der Waals surface area contributed by atoms with Crippen molar-refractivity contribution in [3.8, 4) is 0 Å². The number of hydrogen-bond donors (Lipinski definition) is 1. The summed E-state index contributed by atoms with van der Waals surface area (Å²) in [6, 6.07) is 7.63. The molecule has 0 fully saturated rings. The van der Waals surface area contributed by atoms with Crippen molar-refractivity contribution in [2.24, 2.45) is 0 Å². The Balaban J connectivity index is 1.93. The van der Waals surface area contributed by atoms with E-state index in [1.54, 1.807) is 12.3 Å². The van der Waals surface area contributed by atoms with Crippen LogP contribution in [0.1, 0.15) is 16.7 Å². The summed E-state index contributed by atoms with van der Waals surface area (Å²) in [6.45, 7) is 4.37. The molecule has 5 heteroatoms. The fraction of sp³-hybridized carbons (Fsp3) is 0.286. The minimum absolute atomic E-state index is 0.0716. The third-order valence-corrected chi connectivity index (χ3v) is 2.97. The summed E-state index contributed by atoms with van der Waals surface area (Å²) in [7, 11) is 0. The zero-order chi connectivity index (χ0) is 13.8. The number of ether oxygens (including phenoxy) is 1. The molecular weight excluding hydrogens is 242 g/mol. The van der Waals surface area contributed by atoms with Gasteiger partial charge in [-0.3, -0.25) is 9.48 Å². The van der Waals surface area contributed by atoms with Crippen LogP contribution in [0, 0.1) is 13.8 Å². The molecule has 0 unspecified atom stereocenters. The Morgan fingerprint density at radius 2 is 2.00 bits per heavy atom. The van der Waals surface area contributed by atoms with E-state index in [2.05, 4.69) is 5.10 Å². The van der Waals surface area contributed by atoms with Crippen molar-refractivity contribution in [2.45, 2.75) is 27.0 Å². The van der Waals surface area contributed by atoms with E-state index in [9.17, 15) is 4.79 Å². The van der Waals surface area contributed by atoms with E-state index in [1.807, 2.05) is 32.0 Å². The number of aromatic nitrogens is 2. The average molecular weight is 259 g/mol. The first-order valence-corrected chi connectivity index (χ1v) is 6.06. The number of anilines is 1. The second-order valence-corrected chi connectivity index (χ2v) is 4.47. The van der Waals surface area contributed by atoms with Crippen LogP contribution in [0.25, 0.3) is 0 Å². The predicted molar refractivity (Wildman–Crippen MR) is 72.4 cm³/mol.